The second kappa shape index (κ2) is 12.3. The van der Waals surface area contributed by atoms with E-state index in [0.29, 0.717) is 0 Å². The van der Waals surface area contributed by atoms with Gasteiger partial charge in [0.15, 0.2) is 0 Å². The van der Waals surface area contributed by atoms with Crippen molar-refractivity contribution in [1.82, 2.24) is 0 Å². The van der Waals surface area contributed by atoms with Crippen molar-refractivity contribution in [3.05, 3.63) is 55.5 Å². The van der Waals surface area contributed by atoms with Crippen molar-refractivity contribution in [2.24, 2.45) is 0 Å². The van der Waals surface area contributed by atoms with Gasteiger partial charge in [0.2, 0.25) is 0 Å². The first-order valence-corrected chi connectivity index (χ1v) is 18.8. The molecule has 0 atom stereocenters. The number of halogens is 1. The maximum absolute atomic E-state index is 5.00. The van der Waals surface area contributed by atoms with Crippen LogP contribution in [0.2, 0.25) is 0 Å². The van der Waals surface area contributed by atoms with Gasteiger partial charge in [-0.1, -0.05) is 94.1 Å². The van der Waals surface area contributed by atoms with E-state index < -0.39 is 0 Å². The van der Waals surface area contributed by atoms with E-state index in [4.69, 9.17) is 2.97 Å². The standard InChI is InChI=1S/C10H8S8.C6H4S4.FH.H2/c1-2-12-6-5(11-1)15-9(16-6)10-17-7-8(18-10)14-4-3-13-7;1-2-8-5(7-1)6-9-3-4-10-6;;/h1-4H2;1-4H;2*1H/i;;;1+2T. The summed E-state index contributed by atoms with van der Waals surface area (Å²) >= 11 is 23.5. The third kappa shape index (κ3) is 6.37. The van der Waals surface area contributed by atoms with Gasteiger partial charge >= 0.3 is 0 Å². The first kappa shape index (κ1) is 23.3. The van der Waals surface area contributed by atoms with Crippen LogP contribution in [-0.2, 0) is 0 Å². The lowest BCUT2D eigenvalue weighted by molar-refractivity contribution is 1.11. The van der Waals surface area contributed by atoms with Crippen molar-refractivity contribution in [2.45, 2.75) is 0 Å². The summed E-state index contributed by atoms with van der Waals surface area (Å²) in [4.78, 5) is 0. The summed E-state index contributed by atoms with van der Waals surface area (Å²) in [6.45, 7) is 0. The Morgan fingerprint density at radius 2 is 0.724 bits per heavy atom. The third-order valence-electron chi connectivity index (χ3n) is 3.32. The molecule has 0 bridgehead atoms. The maximum atomic E-state index is 5.00. The number of hydrogen-bond acceptors (Lipinski definition) is 12. The van der Waals surface area contributed by atoms with Crippen LogP contribution in [-0.4, -0.2) is 23.0 Å². The Labute approximate surface area is 224 Å². The van der Waals surface area contributed by atoms with E-state index in [1.165, 1.54) is 40.0 Å². The van der Waals surface area contributed by atoms with Crippen molar-refractivity contribution < 1.29 is 7.67 Å². The summed E-state index contributed by atoms with van der Waals surface area (Å²) in [5, 5.41) is 8.53. The first-order chi connectivity index (χ1) is 14.9. The van der Waals surface area contributed by atoms with Crippen LogP contribution in [0.5, 0.6) is 0 Å². The van der Waals surface area contributed by atoms with E-state index in [-0.39, 0.29) is 4.70 Å². The highest BCUT2D eigenvalue weighted by Crippen LogP contribution is 2.67. The molecule has 0 unspecified atom stereocenters. The van der Waals surface area contributed by atoms with Gasteiger partial charge in [-0.25, -0.2) is 0 Å². The topological polar surface area (TPSA) is 0 Å². The summed E-state index contributed by atoms with van der Waals surface area (Å²) in [5.41, 5.74) is 0. The highest BCUT2D eigenvalue weighted by Gasteiger charge is 2.32. The van der Waals surface area contributed by atoms with E-state index in [1.54, 1.807) is 16.9 Å². The Balaban J connectivity index is 0.000000179. The lowest BCUT2D eigenvalue weighted by atomic mass is 11.0. The average Bonchev–Trinajstić information content (AvgIpc) is 3.60. The number of hydrogen-bond donors (Lipinski definition) is 0. The molecule has 6 aliphatic rings. The van der Waals surface area contributed by atoms with Crippen LogP contribution in [0.3, 0.4) is 0 Å². The fourth-order valence-electron chi connectivity index (χ4n) is 2.21. The Morgan fingerprint density at radius 3 is 1.00 bits per heavy atom. The lowest BCUT2D eigenvalue weighted by Crippen LogP contribution is -1.88. The van der Waals surface area contributed by atoms with E-state index >= 15 is 0 Å². The van der Waals surface area contributed by atoms with Gasteiger partial charge in [-0.15, -0.1) is 47.0 Å². The number of rotatable bonds is 0. The van der Waals surface area contributed by atoms with Gasteiger partial charge < -0.3 is 0 Å². The van der Waals surface area contributed by atoms with Gasteiger partial charge in [0, 0.05) is 26.0 Å². The minimum atomic E-state index is 0. The molecule has 0 nitrogen and oxygen atoms in total. The summed E-state index contributed by atoms with van der Waals surface area (Å²) in [5.74, 6) is 5.11. The molecule has 13 heteroatoms. The zero-order chi connectivity index (χ0) is 20.8. The molecule has 0 saturated carbocycles. The van der Waals surface area contributed by atoms with Crippen LogP contribution in [0, 0.1) is 0 Å². The van der Waals surface area contributed by atoms with E-state index in [9.17, 15) is 0 Å². The molecule has 29 heavy (non-hydrogen) atoms. The fraction of sp³-hybridized carbons (Fsp3) is 0.250. The minimum Gasteiger partial charge on any atom is -0.269 e. The molecule has 0 aromatic heterocycles. The van der Waals surface area contributed by atoms with Crippen LogP contribution < -0.4 is 0 Å². The monoisotopic (exact) mass is 614 g/mol. The average molecular weight is 615 g/mol. The van der Waals surface area contributed by atoms with Crippen molar-refractivity contribution in [3.8, 4) is 0 Å². The molecular weight excluding hydrogens is 596 g/mol. The largest absolute Gasteiger partial charge is 0.269 e. The molecule has 0 aromatic rings. The maximum Gasteiger partial charge on any atom is 0.0717 e. The molecule has 0 aromatic carbocycles. The predicted molar refractivity (Wildman–Crippen MR) is 162 cm³/mol. The van der Waals surface area contributed by atoms with Crippen LogP contribution in [0.1, 0.15) is 2.97 Å². The Bertz CT molecular complexity index is 735. The normalized spacial score (nSPS) is 25.7. The smallest absolute Gasteiger partial charge is 0.0717 e. The highest BCUT2D eigenvalue weighted by molar-refractivity contribution is 8.45. The molecule has 6 rings (SSSR count). The highest BCUT2D eigenvalue weighted by atomic mass is 32.3. The summed E-state index contributed by atoms with van der Waals surface area (Å²) in [6.07, 6.45) is 0. The number of thioether (sulfide) groups is 12. The second-order valence-electron chi connectivity index (χ2n) is 5.12. The van der Waals surface area contributed by atoms with Gasteiger partial charge in [0.1, 0.15) is 0 Å². The van der Waals surface area contributed by atoms with Gasteiger partial charge in [-0.2, -0.15) is 0 Å². The fourth-order valence-corrected chi connectivity index (χ4v) is 18.5. The summed E-state index contributed by atoms with van der Waals surface area (Å²) < 4.78 is 22.2. The molecule has 6 aliphatic heterocycles. The second-order valence-corrected chi connectivity index (χ2v) is 19.4. The molecule has 0 N–H and O–H groups in total. The molecule has 158 valence electrons. The van der Waals surface area contributed by atoms with Gasteiger partial charge in [-0.3, -0.25) is 4.70 Å². The van der Waals surface area contributed by atoms with E-state index in [2.05, 4.69) is 21.6 Å². The van der Waals surface area contributed by atoms with Crippen LogP contribution in [0.4, 0.5) is 4.70 Å². The SMILES string of the molecule is C1=CSC(=C2SC=CS2)S1.C1CSC2=C(S1)SC(=C1SC3=C(SCCS3)S1)S2.F.[3H][3H]. The Kier molecular flexibility index (Phi) is 9.91. The van der Waals surface area contributed by atoms with Crippen LogP contribution in [0.25, 0.3) is 0 Å². The molecule has 0 aliphatic carbocycles. The molecule has 0 amide bonds. The summed E-state index contributed by atoms with van der Waals surface area (Å²) in [7, 11) is 0. The van der Waals surface area contributed by atoms with E-state index in [1.807, 2.05) is 141 Å². The van der Waals surface area contributed by atoms with Crippen LogP contribution in [0.15, 0.2) is 55.5 Å². The zero-order valence-corrected chi connectivity index (χ0v) is 24.2. The lowest BCUT2D eigenvalue weighted by Gasteiger charge is -2.08. The van der Waals surface area contributed by atoms with Crippen LogP contribution >= 0.6 is 141 Å². The Morgan fingerprint density at radius 1 is 0.448 bits per heavy atom. The molecule has 0 fully saturated rings. The van der Waals surface area contributed by atoms with Crippen molar-refractivity contribution >= 4 is 141 Å². The van der Waals surface area contributed by atoms with E-state index in [0.717, 1.165) is 0 Å². The van der Waals surface area contributed by atoms with Gasteiger partial charge in [0.25, 0.3) is 0 Å². The molecule has 0 radical (unpaired) electrons. The minimum absolute atomic E-state index is 0. The quantitative estimate of drug-likeness (QED) is 0.255. The third-order valence-corrected chi connectivity index (χ3v) is 20.2. The van der Waals surface area contributed by atoms with Crippen molar-refractivity contribution in [1.29, 1.82) is 0 Å². The molecule has 6 heterocycles. The zero-order valence-electron chi connectivity index (χ0n) is 16.4. The predicted octanol–water partition coefficient (Wildman–Crippen LogP) is 10.7. The summed E-state index contributed by atoms with van der Waals surface area (Å²) in [6, 6.07) is 0. The van der Waals surface area contributed by atoms with Crippen molar-refractivity contribution in [3.63, 3.8) is 0 Å². The molecular formula is C16H15FS12. The molecule has 0 saturated heterocycles. The van der Waals surface area contributed by atoms with Gasteiger partial charge in [0.05, 0.1) is 33.9 Å². The van der Waals surface area contributed by atoms with Gasteiger partial charge in [-0.05, 0) is 21.6 Å². The Hall–Kier alpha value is 2.57. The first-order valence-electron chi connectivity index (χ1n) is 9.03. The molecule has 0 spiro atoms. The van der Waals surface area contributed by atoms with Crippen molar-refractivity contribution in [2.75, 3.05) is 23.0 Å².